The van der Waals surface area contributed by atoms with Crippen LogP contribution >= 0.6 is 11.6 Å². The second-order valence-electron chi connectivity index (χ2n) is 3.37. The number of hydrogen-bond acceptors (Lipinski definition) is 2. The number of alkyl halides is 1. The summed E-state index contributed by atoms with van der Waals surface area (Å²) in [4.78, 5) is 4.39. The molecule has 0 aliphatic heterocycles. The number of fused-ring (bicyclic) bond motifs is 1. The molecule has 0 aliphatic carbocycles. The Morgan fingerprint density at radius 1 is 1.43 bits per heavy atom. The Bertz CT molecular complexity index is 436. The number of rotatable bonds is 3. The van der Waals surface area contributed by atoms with Gasteiger partial charge in [-0.1, -0.05) is 6.07 Å². The summed E-state index contributed by atoms with van der Waals surface area (Å²) in [7, 11) is 0. The molecule has 0 aliphatic rings. The van der Waals surface area contributed by atoms with Gasteiger partial charge in [-0.05, 0) is 31.0 Å². The Morgan fingerprint density at radius 2 is 2.29 bits per heavy atom. The zero-order valence-corrected chi connectivity index (χ0v) is 8.84. The van der Waals surface area contributed by atoms with Gasteiger partial charge in [0, 0.05) is 12.3 Å². The van der Waals surface area contributed by atoms with E-state index < -0.39 is 0 Å². The minimum absolute atomic E-state index is 0.651. The Balaban J connectivity index is 2.32. The van der Waals surface area contributed by atoms with E-state index in [4.69, 9.17) is 16.0 Å². The highest BCUT2D eigenvalue weighted by atomic mass is 35.5. The van der Waals surface area contributed by atoms with Gasteiger partial charge in [-0.2, -0.15) is 0 Å². The topological polar surface area (TPSA) is 26.0 Å². The Morgan fingerprint density at radius 3 is 3.07 bits per heavy atom. The van der Waals surface area contributed by atoms with Gasteiger partial charge in [0.25, 0.3) is 0 Å². The predicted molar refractivity (Wildman–Crippen MR) is 57.8 cm³/mol. The van der Waals surface area contributed by atoms with E-state index in [1.165, 1.54) is 5.56 Å². The molecule has 0 amide bonds. The van der Waals surface area contributed by atoms with Gasteiger partial charge in [0.15, 0.2) is 11.5 Å². The lowest BCUT2D eigenvalue weighted by Crippen LogP contribution is -1.84. The van der Waals surface area contributed by atoms with Gasteiger partial charge < -0.3 is 4.42 Å². The molecule has 0 N–H and O–H groups in total. The molecule has 0 fully saturated rings. The second kappa shape index (κ2) is 4.01. The monoisotopic (exact) mass is 209 g/mol. The van der Waals surface area contributed by atoms with E-state index in [1.807, 2.05) is 25.1 Å². The molecule has 0 radical (unpaired) electrons. The number of nitrogens with zero attached hydrogens (tertiary/aromatic N) is 1. The van der Waals surface area contributed by atoms with Crippen molar-refractivity contribution in [2.24, 2.45) is 0 Å². The molecule has 74 valence electrons. The SMILES string of the molecule is Cc1ccc2oc(CCCCl)nc2c1. The number of aryl methyl sites for hydroxylation is 2. The summed E-state index contributed by atoms with van der Waals surface area (Å²) in [6, 6.07) is 6.02. The van der Waals surface area contributed by atoms with E-state index in [9.17, 15) is 0 Å². The van der Waals surface area contributed by atoms with Crippen molar-refractivity contribution in [1.29, 1.82) is 0 Å². The summed E-state index contributed by atoms with van der Waals surface area (Å²) >= 11 is 5.61. The van der Waals surface area contributed by atoms with Gasteiger partial charge in [0.05, 0.1) is 0 Å². The lowest BCUT2D eigenvalue weighted by molar-refractivity contribution is 0.526. The summed E-state index contributed by atoms with van der Waals surface area (Å²) < 4.78 is 5.56. The van der Waals surface area contributed by atoms with Crippen molar-refractivity contribution in [3.63, 3.8) is 0 Å². The highest BCUT2D eigenvalue weighted by Gasteiger charge is 2.04. The van der Waals surface area contributed by atoms with E-state index in [2.05, 4.69) is 4.98 Å². The summed E-state index contributed by atoms with van der Waals surface area (Å²) in [5.74, 6) is 1.43. The lowest BCUT2D eigenvalue weighted by atomic mass is 10.2. The van der Waals surface area contributed by atoms with E-state index in [0.29, 0.717) is 5.88 Å². The largest absolute Gasteiger partial charge is 0.441 e. The number of hydrogen-bond donors (Lipinski definition) is 0. The molecule has 0 unspecified atom stereocenters. The Kier molecular flexibility index (Phi) is 2.73. The third-order valence-electron chi connectivity index (χ3n) is 2.11. The third kappa shape index (κ3) is 1.90. The quantitative estimate of drug-likeness (QED) is 0.725. The number of aromatic nitrogens is 1. The van der Waals surface area contributed by atoms with Crippen LogP contribution in [0.25, 0.3) is 11.1 Å². The van der Waals surface area contributed by atoms with Crippen LogP contribution in [-0.2, 0) is 6.42 Å². The van der Waals surface area contributed by atoms with Crippen molar-refractivity contribution in [2.75, 3.05) is 5.88 Å². The van der Waals surface area contributed by atoms with Crippen molar-refractivity contribution in [3.05, 3.63) is 29.7 Å². The molecular weight excluding hydrogens is 198 g/mol. The fourth-order valence-electron chi connectivity index (χ4n) is 1.41. The molecule has 2 rings (SSSR count). The molecule has 0 bridgehead atoms. The minimum Gasteiger partial charge on any atom is -0.441 e. The van der Waals surface area contributed by atoms with Crippen molar-refractivity contribution in [1.82, 2.24) is 4.98 Å². The number of oxazole rings is 1. The van der Waals surface area contributed by atoms with Crippen molar-refractivity contribution in [2.45, 2.75) is 19.8 Å². The van der Waals surface area contributed by atoms with E-state index >= 15 is 0 Å². The summed E-state index contributed by atoms with van der Waals surface area (Å²) in [6.07, 6.45) is 1.73. The molecule has 3 heteroatoms. The first-order valence-electron chi connectivity index (χ1n) is 4.71. The summed E-state index contributed by atoms with van der Waals surface area (Å²) in [6.45, 7) is 2.05. The fraction of sp³-hybridized carbons (Fsp3) is 0.364. The zero-order chi connectivity index (χ0) is 9.97. The van der Waals surface area contributed by atoms with E-state index in [-0.39, 0.29) is 0 Å². The molecule has 1 aromatic heterocycles. The predicted octanol–water partition coefficient (Wildman–Crippen LogP) is 3.31. The number of halogens is 1. The van der Waals surface area contributed by atoms with Gasteiger partial charge in [0.1, 0.15) is 5.52 Å². The summed E-state index contributed by atoms with van der Waals surface area (Å²) in [5.41, 5.74) is 3.00. The average molecular weight is 210 g/mol. The molecular formula is C11H12ClNO. The highest BCUT2D eigenvalue weighted by Crippen LogP contribution is 2.17. The van der Waals surface area contributed by atoms with Crippen LogP contribution in [0.3, 0.4) is 0 Å². The maximum absolute atomic E-state index is 5.61. The molecule has 2 aromatic rings. The van der Waals surface area contributed by atoms with E-state index in [0.717, 1.165) is 29.8 Å². The molecule has 1 heterocycles. The van der Waals surface area contributed by atoms with Gasteiger partial charge >= 0.3 is 0 Å². The first-order valence-corrected chi connectivity index (χ1v) is 5.25. The van der Waals surface area contributed by atoms with Crippen molar-refractivity contribution in [3.8, 4) is 0 Å². The first-order chi connectivity index (χ1) is 6.79. The minimum atomic E-state index is 0.651. The molecule has 0 saturated heterocycles. The maximum Gasteiger partial charge on any atom is 0.195 e. The number of benzene rings is 1. The Labute approximate surface area is 87.9 Å². The zero-order valence-electron chi connectivity index (χ0n) is 8.09. The van der Waals surface area contributed by atoms with Crippen molar-refractivity contribution >= 4 is 22.7 Å². The van der Waals surface area contributed by atoms with Gasteiger partial charge in [-0.3, -0.25) is 0 Å². The average Bonchev–Trinajstić information content (AvgIpc) is 2.56. The standard InChI is InChI=1S/C11H12ClNO/c1-8-4-5-10-9(7-8)13-11(14-10)3-2-6-12/h4-5,7H,2-3,6H2,1H3. The van der Waals surface area contributed by atoms with Crippen LogP contribution in [-0.4, -0.2) is 10.9 Å². The third-order valence-corrected chi connectivity index (χ3v) is 2.38. The van der Waals surface area contributed by atoms with Gasteiger partial charge in [-0.25, -0.2) is 4.98 Å². The normalized spacial score (nSPS) is 11.0. The highest BCUT2D eigenvalue weighted by molar-refractivity contribution is 6.17. The molecule has 14 heavy (non-hydrogen) atoms. The van der Waals surface area contributed by atoms with E-state index in [1.54, 1.807) is 0 Å². The molecule has 0 spiro atoms. The van der Waals surface area contributed by atoms with Crippen LogP contribution in [0.15, 0.2) is 22.6 Å². The van der Waals surface area contributed by atoms with Crippen LogP contribution in [0.5, 0.6) is 0 Å². The molecule has 0 atom stereocenters. The van der Waals surface area contributed by atoms with Crippen LogP contribution < -0.4 is 0 Å². The van der Waals surface area contributed by atoms with Gasteiger partial charge in [-0.15, -0.1) is 11.6 Å². The summed E-state index contributed by atoms with van der Waals surface area (Å²) in [5, 5.41) is 0. The first kappa shape index (κ1) is 9.53. The molecule has 1 aromatic carbocycles. The molecule has 0 saturated carbocycles. The Hall–Kier alpha value is -1.02. The second-order valence-corrected chi connectivity index (χ2v) is 3.75. The van der Waals surface area contributed by atoms with Crippen LogP contribution in [0, 0.1) is 6.92 Å². The molecule has 2 nitrogen and oxygen atoms in total. The van der Waals surface area contributed by atoms with Crippen molar-refractivity contribution < 1.29 is 4.42 Å². The van der Waals surface area contributed by atoms with Crippen LogP contribution in [0.4, 0.5) is 0 Å². The smallest absolute Gasteiger partial charge is 0.195 e. The maximum atomic E-state index is 5.61. The van der Waals surface area contributed by atoms with Crippen LogP contribution in [0.1, 0.15) is 17.9 Å². The van der Waals surface area contributed by atoms with Gasteiger partial charge in [0.2, 0.25) is 0 Å². The lowest BCUT2D eigenvalue weighted by Gasteiger charge is -1.88. The fourth-order valence-corrected chi connectivity index (χ4v) is 1.54. The van der Waals surface area contributed by atoms with Crippen LogP contribution in [0.2, 0.25) is 0 Å².